The molecule has 2 aliphatic rings. The van der Waals surface area contributed by atoms with Crippen molar-refractivity contribution in [1.82, 2.24) is 0 Å². The molecule has 0 spiro atoms. The number of hydrogen-bond donors (Lipinski definition) is 0. The van der Waals surface area contributed by atoms with E-state index in [1.54, 1.807) is 0 Å². The summed E-state index contributed by atoms with van der Waals surface area (Å²) in [5.74, 6) is -0.0433. The van der Waals surface area contributed by atoms with E-state index in [2.05, 4.69) is 60.7 Å². The molecule has 0 unspecified atom stereocenters. The first kappa shape index (κ1) is 18.5. The summed E-state index contributed by atoms with van der Waals surface area (Å²) in [4.78, 5) is 12.4. The Bertz CT molecular complexity index is 1050. The van der Waals surface area contributed by atoms with E-state index in [9.17, 15) is 4.79 Å². The zero-order valence-corrected chi connectivity index (χ0v) is 16.3. The monoisotopic (exact) mass is 384 g/mol. The Balaban J connectivity index is 1.74. The van der Waals surface area contributed by atoms with Crippen molar-refractivity contribution in [2.24, 2.45) is 0 Å². The van der Waals surface area contributed by atoms with Crippen LogP contribution in [0.15, 0.2) is 91.0 Å². The zero-order chi connectivity index (χ0) is 19.3. The van der Waals surface area contributed by atoms with Gasteiger partial charge in [-0.25, -0.2) is 0 Å². The van der Waals surface area contributed by atoms with Crippen LogP contribution < -0.4 is 0 Å². The lowest BCUT2D eigenvalue weighted by Gasteiger charge is -2.01. The summed E-state index contributed by atoms with van der Waals surface area (Å²) in [7, 11) is 0. The van der Waals surface area contributed by atoms with Gasteiger partial charge in [0.25, 0.3) is 0 Å². The molecule has 2 heteroatoms. The Morgan fingerprint density at radius 2 is 1.21 bits per heavy atom. The molecule has 0 saturated carbocycles. The number of carbonyl (C=O) groups is 1. The summed E-state index contributed by atoms with van der Waals surface area (Å²) in [5, 5.41) is 0. The summed E-state index contributed by atoms with van der Waals surface area (Å²) < 4.78 is 0. The van der Waals surface area contributed by atoms with E-state index >= 15 is 0 Å². The summed E-state index contributed by atoms with van der Waals surface area (Å²) in [6, 6.07) is 31.2. The third kappa shape index (κ3) is 3.85. The van der Waals surface area contributed by atoms with Gasteiger partial charge in [-0.3, -0.25) is 4.79 Å². The number of ketones is 1. The van der Waals surface area contributed by atoms with Gasteiger partial charge in [-0.15, -0.1) is 11.6 Å². The lowest BCUT2D eigenvalue weighted by atomic mass is 10.0. The van der Waals surface area contributed by atoms with Crippen LogP contribution in [-0.2, 0) is 12.8 Å². The maximum atomic E-state index is 12.4. The van der Waals surface area contributed by atoms with E-state index in [1.807, 2.05) is 30.3 Å². The van der Waals surface area contributed by atoms with Crippen LogP contribution in [-0.4, -0.2) is 11.7 Å². The minimum absolute atomic E-state index is 0.00713. The van der Waals surface area contributed by atoms with Crippen LogP contribution in [0.1, 0.15) is 21.5 Å². The lowest BCUT2D eigenvalue weighted by Crippen LogP contribution is -1.99. The van der Waals surface area contributed by atoms with Crippen LogP contribution in [0.4, 0.5) is 0 Å². The molecule has 4 rings (SSSR count). The highest BCUT2D eigenvalue weighted by molar-refractivity contribution is 6.31. The van der Waals surface area contributed by atoms with E-state index in [1.165, 1.54) is 11.1 Å². The highest BCUT2D eigenvalue weighted by Gasteiger charge is 2.20. The first-order valence-electron chi connectivity index (χ1n) is 9.50. The number of halogens is 1. The van der Waals surface area contributed by atoms with Gasteiger partial charge in [-0.05, 0) is 52.3 Å². The Kier molecular flexibility index (Phi) is 5.55. The van der Waals surface area contributed by atoms with E-state index in [4.69, 9.17) is 11.6 Å². The molecule has 0 aromatic heterocycles. The van der Waals surface area contributed by atoms with Crippen LogP contribution in [0.3, 0.4) is 0 Å². The summed E-state index contributed by atoms with van der Waals surface area (Å²) in [6.07, 6.45) is 1.95. The Morgan fingerprint density at radius 1 is 0.643 bits per heavy atom. The van der Waals surface area contributed by atoms with E-state index in [-0.39, 0.29) is 11.7 Å². The second-order valence-corrected chi connectivity index (χ2v) is 7.22. The van der Waals surface area contributed by atoms with Crippen molar-refractivity contribution in [2.75, 3.05) is 5.88 Å². The second kappa shape index (κ2) is 8.41. The van der Waals surface area contributed by atoms with Crippen LogP contribution in [0, 0.1) is 0 Å². The second-order valence-electron chi connectivity index (χ2n) is 6.95. The lowest BCUT2D eigenvalue weighted by molar-refractivity contribution is 0.102. The van der Waals surface area contributed by atoms with Gasteiger partial charge in [0.2, 0.25) is 0 Å². The predicted octanol–water partition coefficient (Wildman–Crippen LogP) is 6.67. The Hall–Kier alpha value is -2.90. The largest absolute Gasteiger partial charge is 0.293 e. The van der Waals surface area contributed by atoms with Gasteiger partial charge in [0.05, 0.1) is 5.88 Å². The number of hydrogen-bond acceptors (Lipinski definition) is 1. The number of Topliss-reactive ketones (excluding diaryl/α,β-unsaturated/α-hetero) is 1. The molecule has 0 N–H and O–H groups in total. The van der Waals surface area contributed by atoms with Gasteiger partial charge in [0.15, 0.2) is 5.78 Å². The summed E-state index contributed by atoms with van der Waals surface area (Å²) >= 11 is 5.87. The van der Waals surface area contributed by atoms with Gasteiger partial charge in [0.1, 0.15) is 0 Å². The molecule has 0 atom stereocenters. The van der Waals surface area contributed by atoms with Crippen molar-refractivity contribution in [3.05, 3.63) is 108 Å². The van der Waals surface area contributed by atoms with Gasteiger partial charge in [-0.2, -0.15) is 0 Å². The molecule has 0 bridgehead atoms. The highest BCUT2D eigenvalue weighted by atomic mass is 35.5. The molecule has 0 amide bonds. The Morgan fingerprint density at radius 3 is 1.86 bits per heavy atom. The third-order valence-corrected chi connectivity index (χ3v) is 5.38. The number of alkyl halides is 1. The number of benzene rings is 2. The molecule has 2 aromatic rings. The topological polar surface area (TPSA) is 17.1 Å². The minimum atomic E-state index is -0.0362. The Labute approximate surface area is 171 Å². The molecule has 28 heavy (non-hydrogen) atoms. The minimum Gasteiger partial charge on any atom is -0.293 e. The molecule has 2 aromatic carbocycles. The van der Waals surface area contributed by atoms with Gasteiger partial charge in [0, 0.05) is 5.56 Å². The molecular formula is C26H21ClO. The van der Waals surface area contributed by atoms with Crippen molar-refractivity contribution in [2.45, 2.75) is 12.8 Å². The molecule has 2 aliphatic carbocycles. The number of carbonyl (C=O) groups excluding carboxylic acids is 1. The van der Waals surface area contributed by atoms with E-state index < -0.39 is 0 Å². The molecule has 1 nitrogen and oxygen atoms in total. The predicted molar refractivity (Wildman–Crippen MR) is 117 cm³/mol. The molecule has 0 saturated heterocycles. The van der Waals surface area contributed by atoms with Crippen molar-refractivity contribution in [3.8, 4) is 22.3 Å². The zero-order valence-electron chi connectivity index (χ0n) is 15.6. The third-order valence-electron chi connectivity index (χ3n) is 5.14. The van der Waals surface area contributed by atoms with Gasteiger partial charge >= 0.3 is 0 Å². The van der Waals surface area contributed by atoms with Gasteiger partial charge < -0.3 is 0 Å². The first-order chi connectivity index (χ1) is 13.8. The standard InChI is InChI=1S/C26H21ClO/c27-18-26(28)25-17-24(21-9-5-2-6-10-21)22-15-13-20(14-16-23(22)25)12-11-19-7-3-1-4-8-19/h1-10,13-17H,11-12,18H2. The quantitative estimate of drug-likeness (QED) is 0.268. The fraction of sp³-hybridized carbons (Fsp3) is 0.115. The average Bonchev–Trinajstić information content (AvgIpc) is 2.99. The number of rotatable bonds is 6. The van der Waals surface area contributed by atoms with Crippen molar-refractivity contribution in [3.63, 3.8) is 0 Å². The first-order valence-corrected chi connectivity index (χ1v) is 10.0. The summed E-state index contributed by atoms with van der Waals surface area (Å²) in [6.45, 7) is 0. The van der Waals surface area contributed by atoms with Crippen LogP contribution in [0.2, 0.25) is 0 Å². The normalized spacial score (nSPS) is 10.9. The molecule has 0 fully saturated rings. The maximum absolute atomic E-state index is 12.4. The van der Waals surface area contributed by atoms with Crippen LogP contribution in [0.5, 0.6) is 0 Å². The molecule has 138 valence electrons. The fourth-order valence-corrected chi connectivity index (χ4v) is 3.79. The maximum Gasteiger partial charge on any atom is 0.178 e. The molecule has 0 aliphatic heterocycles. The van der Waals surface area contributed by atoms with Crippen molar-refractivity contribution in [1.29, 1.82) is 0 Å². The molecular weight excluding hydrogens is 364 g/mol. The summed E-state index contributed by atoms with van der Waals surface area (Å²) in [5.41, 5.74) is 7.53. The number of fused-ring (bicyclic) bond motifs is 1. The molecule has 0 radical (unpaired) electrons. The van der Waals surface area contributed by atoms with Crippen molar-refractivity contribution >= 4 is 17.4 Å². The average molecular weight is 385 g/mol. The molecule has 0 heterocycles. The highest BCUT2D eigenvalue weighted by Crippen LogP contribution is 2.39. The van der Waals surface area contributed by atoms with E-state index in [0.717, 1.165) is 35.1 Å². The fourth-order valence-electron chi connectivity index (χ4n) is 3.64. The smallest absolute Gasteiger partial charge is 0.178 e. The SMILES string of the molecule is O=C(CCl)c1cc(-c2ccccc2)c2ccc(CCc3ccccc3)ccc1-2. The van der Waals surface area contributed by atoms with Crippen LogP contribution in [0.25, 0.3) is 22.3 Å². The van der Waals surface area contributed by atoms with Crippen LogP contribution >= 0.6 is 11.6 Å². The number of aryl methyl sites for hydroxylation is 2. The van der Waals surface area contributed by atoms with Crippen molar-refractivity contribution < 1.29 is 4.79 Å². The van der Waals surface area contributed by atoms with Gasteiger partial charge in [-0.1, -0.05) is 84.9 Å². The van der Waals surface area contributed by atoms with E-state index in [0.29, 0.717) is 5.56 Å².